The van der Waals surface area contributed by atoms with Gasteiger partial charge in [0.2, 0.25) is 0 Å². The first-order valence-electron chi connectivity index (χ1n) is 6.85. The summed E-state index contributed by atoms with van der Waals surface area (Å²) in [6, 6.07) is 13.7. The van der Waals surface area contributed by atoms with Crippen molar-refractivity contribution in [3.63, 3.8) is 0 Å². The molecule has 0 radical (unpaired) electrons. The van der Waals surface area contributed by atoms with Crippen LogP contribution in [0.15, 0.2) is 53.6 Å². The van der Waals surface area contributed by atoms with Crippen LogP contribution in [0.25, 0.3) is 0 Å². The second-order valence-corrected chi connectivity index (χ2v) is 5.10. The average molecular weight is 282 g/mol. The molecule has 1 aliphatic rings. The van der Waals surface area contributed by atoms with E-state index in [1.54, 1.807) is 6.07 Å². The summed E-state index contributed by atoms with van der Waals surface area (Å²) in [4.78, 5) is 12.3. The lowest BCUT2D eigenvalue weighted by Gasteiger charge is -2.11. The maximum atomic E-state index is 13.2. The number of hydrogen-bond acceptors (Lipinski definition) is 2. The SMILES string of the molecule is Cc1ccc(C2=NN(C(=O)c3cccc(F)c3)CC2)cc1. The highest BCUT2D eigenvalue weighted by molar-refractivity contribution is 6.04. The van der Waals surface area contributed by atoms with Crippen molar-refractivity contribution in [2.45, 2.75) is 13.3 Å². The summed E-state index contributed by atoms with van der Waals surface area (Å²) >= 11 is 0. The fraction of sp³-hybridized carbons (Fsp3) is 0.176. The molecule has 0 aromatic heterocycles. The Bertz CT molecular complexity index is 707. The van der Waals surface area contributed by atoms with Gasteiger partial charge in [0.15, 0.2) is 0 Å². The topological polar surface area (TPSA) is 32.7 Å². The lowest BCUT2D eigenvalue weighted by atomic mass is 10.1. The van der Waals surface area contributed by atoms with Crippen LogP contribution in [-0.2, 0) is 0 Å². The van der Waals surface area contributed by atoms with Crippen molar-refractivity contribution < 1.29 is 9.18 Å². The molecule has 0 unspecified atom stereocenters. The van der Waals surface area contributed by atoms with Crippen molar-refractivity contribution in [3.05, 3.63) is 71.0 Å². The van der Waals surface area contributed by atoms with Gasteiger partial charge in [0, 0.05) is 12.0 Å². The monoisotopic (exact) mass is 282 g/mol. The normalized spacial score (nSPS) is 14.2. The minimum Gasteiger partial charge on any atom is -0.267 e. The van der Waals surface area contributed by atoms with Crippen LogP contribution < -0.4 is 0 Å². The third-order valence-corrected chi connectivity index (χ3v) is 3.49. The standard InChI is InChI=1S/C17H15FN2O/c1-12-5-7-13(8-6-12)16-9-10-20(19-16)17(21)14-3-2-4-15(18)11-14/h2-8,11H,9-10H2,1H3. The summed E-state index contributed by atoms with van der Waals surface area (Å²) in [6.07, 6.45) is 0.712. The van der Waals surface area contributed by atoms with E-state index in [0.717, 1.165) is 11.3 Å². The molecule has 1 heterocycles. The highest BCUT2D eigenvalue weighted by Gasteiger charge is 2.22. The van der Waals surface area contributed by atoms with Crippen LogP contribution in [0.1, 0.15) is 27.9 Å². The van der Waals surface area contributed by atoms with Crippen LogP contribution in [0.2, 0.25) is 0 Å². The fourth-order valence-electron chi connectivity index (χ4n) is 2.32. The molecule has 3 nitrogen and oxygen atoms in total. The summed E-state index contributed by atoms with van der Waals surface area (Å²) < 4.78 is 13.2. The predicted octanol–water partition coefficient (Wildman–Crippen LogP) is 3.38. The Morgan fingerprint density at radius 2 is 1.95 bits per heavy atom. The molecular formula is C17H15FN2O. The smallest absolute Gasteiger partial charge is 0.267 e. The average Bonchev–Trinajstić information content (AvgIpc) is 2.97. The molecular weight excluding hydrogens is 267 g/mol. The highest BCUT2D eigenvalue weighted by Crippen LogP contribution is 2.17. The molecule has 4 heteroatoms. The van der Waals surface area contributed by atoms with E-state index in [0.29, 0.717) is 18.5 Å². The molecule has 21 heavy (non-hydrogen) atoms. The Kier molecular flexibility index (Phi) is 3.52. The van der Waals surface area contributed by atoms with E-state index in [1.165, 1.54) is 28.8 Å². The second kappa shape index (κ2) is 5.48. The Balaban J connectivity index is 1.82. The van der Waals surface area contributed by atoms with Crippen molar-refractivity contribution in [2.75, 3.05) is 6.54 Å². The third-order valence-electron chi connectivity index (χ3n) is 3.49. The van der Waals surface area contributed by atoms with Crippen molar-refractivity contribution >= 4 is 11.6 Å². The summed E-state index contributed by atoms with van der Waals surface area (Å²) in [5, 5.41) is 5.78. The van der Waals surface area contributed by atoms with E-state index in [4.69, 9.17) is 0 Å². The molecule has 106 valence electrons. The minimum absolute atomic E-state index is 0.267. The van der Waals surface area contributed by atoms with Crippen LogP contribution >= 0.6 is 0 Å². The van der Waals surface area contributed by atoms with E-state index in [9.17, 15) is 9.18 Å². The van der Waals surface area contributed by atoms with Crippen LogP contribution in [0.3, 0.4) is 0 Å². The highest BCUT2D eigenvalue weighted by atomic mass is 19.1. The molecule has 0 atom stereocenters. The zero-order valence-corrected chi connectivity index (χ0v) is 11.7. The molecule has 0 saturated carbocycles. The first-order valence-corrected chi connectivity index (χ1v) is 6.85. The number of aryl methyl sites for hydroxylation is 1. The quantitative estimate of drug-likeness (QED) is 0.831. The zero-order chi connectivity index (χ0) is 14.8. The Hall–Kier alpha value is -2.49. The number of hydrogen-bond donors (Lipinski definition) is 0. The number of carbonyl (C=O) groups excluding carboxylic acids is 1. The first kappa shape index (κ1) is 13.5. The number of nitrogens with zero attached hydrogens (tertiary/aromatic N) is 2. The maximum Gasteiger partial charge on any atom is 0.274 e. The number of carbonyl (C=O) groups is 1. The molecule has 0 aliphatic carbocycles. The Morgan fingerprint density at radius 3 is 2.67 bits per heavy atom. The Morgan fingerprint density at radius 1 is 1.19 bits per heavy atom. The largest absolute Gasteiger partial charge is 0.274 e. The molecule has 3 rings (SSSR count). The lowest BCUT2D eigenvalue weighted by molar-refractivity contribution is 0.0778. The van der Waals surface area contributed by atoms with Gasteiger partial charge in [-0.1, -0.05) is 35.9 Å². The van der Waals surface area contributed by atoms with E-state index < -0.39 is 5.82 Å². The second-order valence-electron chi connectivity index (χ2n) is 5.10. The van der Waals surface area contributed by atoms with Crippen LogP contribution in [0, 0.1) is 12.7 Å². The van der Waals surface area contributed by atoms with Gasteiger partial charge in [-0.2, -0.15) is 5.10 Å². The van der Waals surface area contributed by atoms with Gasteiger partial charge in [-0.05, 0) is 30.7 Å². The van der Waals surface area contributed by atoms with Gasteiger partial charge in [0.1, 0.15) is 5.82 Å². The van der Waals surface area contributed by atoms with Gasteiger partial charge in [-0.25, -0.2) is 9.40 Å². The van der Waals surface area contributed by atoms with Crippen LogP contribution in [-0.4, -0.2) is 23.2 Å². The van der Waals surface area contributed by atoms with Gasteiger partial charge in [-0.3, -0.25) is 4.79 Å². The first-order chi connectivity index (χ1) is 10.1. The van der Waals surface area contributed by atoms with Crippen LogP contribution in [0.4, 0.5) is 4.39 Å². The van der Waals surface area contributed by atoms with Crippen molar-refractivity contribution in [2.24, 2.45) is 5.10 Å². The van der Waals surface area contributed by atoms with Gasteiger partial charge >= 0.3 is 0 Å². The molecule has 0 bridgehead atoms. The number of rotatable bonds is 2. The van der Waals surface area contributed by atoms with Crippen molar-refractivity contribution in [1.29, 1.82) is 0 Å². The molecule has 1 amide bonds. The number of halogens is 1. The van der Waals surface area contributed by atoms with E-state index in [-0.39, 0.29) is 5.91 Å². The lowest BCUT2D eigenvalue weighted by Crippen LogP contribution is -2.23. The molecule has 0 saturated heterocycles. The van der Waals surface area contributed by atoms with E-state index in [1.807, 2.05) is 31.2 Å². The van der Waals surface area contributed by atoms with E-state index in [2.05, 4.69) is 5.10 Å². The van der Waals surface area contributed by atoms with Crippen LogP contribution in [0.5, 0.6) is 0 Å². The summed E-state index contributed by atoms with van der Waals surface area (Å²) in [5.74, 6) is -0.681. The number of amides is 1. The predicted molar refractivity (Wildman–Crippen MR) is 79.8 cm³/mol. The molecule has 2 aromatic carbocycles. The molecule has 1 aliphatic heterocycles. The van der Waals surface area contributed by atoms with E-state index >= 15 is 0 Å². The zero-order valence-electron chi connectivity index (χ0n) is 11.7. The number of hydrazone groups is 1. The van der Waals surface area contributed by atoms with Gasteiger partial charge in [0.25, 0.3) is 5.91 Å². The van der Waals surface area contributed by atoms with Gasteiger partial charge in [0.05, 0.1) is 12.3 Å². The minimum atomic E-state index is -0.414. The molecule has 0 spiro atoms. The number of benzene rings is 2. The summed E-state index contributed by atoms with van der Waals surface area (Å²) in [5.41, 5.74) is 3.42. The molecule has 2 aromatic rings. The molecule has 0 N–H and O–H groups in total. The summed E-state index contributed by atoms with van der Waals surface area (Å²) in [6.45, 7) is 2.55. The fourth-order valence-corrected chi connectivity index (χ4v) is 2.32. The third kappa shape index (κ3) is 2.84. The van der Waals surface area contributed by atoms with Crippen molar-refractivity contribution in [3.8, 4) is 0 Å². The maximum absolute atomic E-state index is 13.2. The van der Waals surface area contributed by atoms with Gasteiger partial charge in [-0.15, -0.1) is 0 Å². The molecule has 0 fully saturated rings. The van der Waals surface area contributed by atoms with Crippen molar-refractivity contribution in [1.82, 2.24) is 5.01 Å². The summed E-state index contributed by atoms with van der Waals surface area (Å²) in [7, 11) is 0. The van der Waals surface area contributed by atoms with Gasteiger partial charge < -0.3 is 0 Å². The Labute approximate surface area is 122 Å².